The summed E-state index contributed by atoms with van der Waals surface area (Å²) in [6, 6.07) is 10.9. The molecule has 2 aromatic carbocycles. The van der Waals surface area contributed by atoms with E-state index in [1.807, 2.05) is 24.3 Å². The number of benzene rings is 2. The Morgan fingerprint density at radius 3 is 2.71 bits per heavy atom. The maximum absolute atomic E-state index is 14.0. The summed E-state index contributed by atoms with van der Waals surface area (Å²) in [7, 11) is 0. The number of imidazole rings is 1. The van der Waals surface area contributed by atoms with Gasteiger partial charge in [0.2, 0.25) is 5.95 Å². The molecule has 2 aromatic heterocycles. The Labute approximate surface area is 202 Å². The molecule has 0 aliphatic rings. The normalized spacial score (nSPS) is 11.3. The van der Waals surface area contributed by atoms with Crippen LogP contribution in [-0.2, 0) is 13.1 Å². The minimum atomic E-state index is -0.494. The maximum atomic E-state index is 14.0. The first kappa shape index (κ1) is 24.0. The van der Waals surface area contributed by atoms with Crippen LogP contribution in [0.15, 0.2) is 48.7 Å². The zero-order chi connectivity index (χ0) is 23.9. The van der Waals surface area contributed by atoms with Crippen molar-refractivity contribution in [2.75, 3.05) is 18.4 Å². The lowest BCUT2D eigenvalue weighted by molar-refractivity contribution is 0.572. The number of anilines is 1. The number of hydrogen-bond acceptors (Lipinski definition) is 5. The number of nitrogens with one attached hydrogen (secondary N) is 2. The quantitative estimate of drug-likeness (QED) is 0.263. The monoisotopic (exact) mass is 484 g/mol. The highest BCUT2D eigenvalue weighted by atomic mass is 35.5. The minimum absolute atomic E-state index is 0.0606. The molecule has 9 heteroatoms. The molecular formula is C25H27ClF2N6. The van der Waals surface area contributed by atoms with Crippen molar-refractivity contribution in [1.82, 2.24) is 24.8 Å². The van der Waals surface area contributed by atoms with Gasteiger partial charge in [0.15, 0.2) is 5.65 Å². The third-order valence-electron chi connectivity index (χ3n) is 5.53. The van der Waals surface area contributed by atoms with E-state index in [2.05, 4.69) is 32.1 Å². The van der Waals surface area contributed by atoms with Gasteiger partial charge in [0.1, 0.15) is 23.0 Å². The van der Waals surface area contributed by atoms with Crippen molar-refractivity contribution in [2.24, 2.45) is 0 Å². The second-order valence-electron chi connectivity index (χ2n) is 7.97. The molecule has 0 saturated carbocycles. The molecule has 0 aliphatic carbocycles. The third kappa shape index (κ3) is 5.69. The highest BCUT2D eigenvalue weighted by Gasteiger charge is 2.17. The standard InChI is InChI=1S/C25H27ClF2N6/c1-2-29-12-6-3-7-13-34-23(19-8-4-5-9-20(19)26)32-22-16-31-25(33-24(22)34)30-15-17-14-18(27)10-11-21(17)28/h4-5,8-11,14,16,29H,2-3,6-7,12-13,15H2,1H3,(H,30,31,33). The smallest absolute Gasteiger partial charge is 0.225 e. The molecule has 0 atom stereocenters. The number of rotatable bonds is 11. The van der Waals surface area contributed by atoms with Crippen LogP contribution in [0.2, 0.25) is 5.02 Å². The molecule has 4 rings (SSSR count). The Kier molecular flexibility index (Phi) is 8.03. The first-order chi connectivity index (χ1) is 16.6. The Morgan fingerprint density at radius 2 is 1.88 bits per heavy atom. The van der Waals surface area contributed by atoms with E-state index in [4.69, 9.17) is 16.6 Å². The SMILES string of the molecule is CCNCCCCCn1c(-c2ccccc2Cl)nc2cnc(NCc3cc(F)ccc3F)nc21. The van der Waals surface area contributed by atoms with E-state index in [0.717, 1.165) is 68.5 Å². The molecule has 0 saturated heterocycles. The van der Waals surface area contributed by atoms with E-state index in [-0.39, 0.29) is 12.1 Å². The van der Waals surface area contributed by atoms with Crippen molar-refractivity contribution < 1.29 is 8.78 Å². The molecule has 0 radical (unpaired) electrons. The number of unbranched alkanes of at least 4 members (excludes halogenated alkanes) is 2. The fourth-order valence-electron chi connectivity index (χ4n) is 3.79. The highest BCUT2D eigenvalue weighted by molar-refractivity contribution is 6.33. The predicted molar refractivity (Wildman–Crippen MR) is 132 cm³/mol. The molecule has 0 bridgehead atoms. The number of aryl methyl sites for hydroxylation is 1. The van der Waals surface area contributed by atoms with Crippen LogP contribution in [0.25, 0.3) is 22.6 Å². The van der Waals surface area contributed by atoms with Crippen LogP contribution in [0, 0.1) is 11.6 Å². The summed E-state index contributed by atoms with van der Waals surface area (Å²) in [6.45, 7) is 4.84. The fourth-order valence-corrected chi connectivity index (χ4v) is 4.01. The Balaban J connectivity index is 1.61. The zero-order valence-corrected chi connectivity index (χ0v) is 19.7. The Bertz CT molecular complexity index is 1260. The summed E-state index contributed by atoms with van der Waals surface area (Å²) in [5.41, 5.74) is 2.34. The van der Waals surface area contributed by atoms with Crippen LogP contribution in [0.3, 0.4) is 0 Å². The number of aromatic nitrogens is 4. The molecule has 6 nitrogen and oxygen atoms in total. The molecule has 0 unspecified atom stereocenters. The summed E-state index contributed by atoms with van der Waals surface area (Å²) < 4.78 is 29.5. The Hall–Kier alpha value is -3.10. The lowest BCUT2D eigenvalue weighted by atomic mass is 10.2. The van der Waals surface area contributed by atoms with Gasteiger partial charge in [0.05, 0.1) is 11.2 Å². The molecule has 2 N–H and O–H groups in total. The van der Waals surface area contributed by atoms with Gasteiger partial charge < -0.3 is 15.2 Å². The Morgan fingerprint density at radius 1 is 1.03 bits per heavy atom. The summed E-state index contributed by atoms with van der Waals surface area (Å²) in [5, 5.41) is 6.95. The first-order valence-electron chi connectivity index (χ1n) is 11.4. The predicted octanol–water partition coefficient (Wildman–Crippen LogP) is 5.82. The van der Waals surface area contributed by atoms with Crippen LogP contribution < -0.4 is 10.6 Å². The van der Waals surface area contributed by atoms with Crippen molar-refractivity contribution in [3.05, 3.63) is 70.9 Å². The van der Waals surface area contributed by atoms with Gasteiger partial charge >= 0.3 is 0 Å². The zero-order valence-electron chi connectivity index (χ0n) is 19.0. The number of nitrogens with zero attached hydrogens (tertiary/aromatic N) is 4. The van der Waals surface area contributed by atoms with E-state index in [1.165, 1.54) is 0 Å². The number of hydrogen-bond donors (Lipinski definition) is 2. The largest absolute Gasteiger partial charge is 0.350 e. The van der Waals surface area contributed by atoms with Gasteiger partial charge in [-0.2, -0.15) is 4.98 Å². The van der Waals surface area contributed by atoms with Gasteiger partial charge in [-0.25, -0.2) is 18.7 Å². The van der Waals surface area contributed by atoms with Gasteiger partial charge in [-0.3, -0.25) is 0 Å². The third-order valence-corrected chi connectivity index (χ3v) is 5.86. The van der Waals surface area contributed by atoms with Gasteiger partial charge in [0.25, 0.3) is 0 Å². The van der Waals surface area contributed by atoms with Gasteiger partial charge in [-0.1, -0.05) is 37.1 Å². The molecular weight excluding hydrogens is 458 g/mol. The average molecular weight is 485 g/mol. The maximum Gasteiger partial charge on any atom is 0.225 e. The van der Waals surface area contributed by atoms with Crippen molar-refractivity contribution in [3.8, 4) is 11.4 Å². The van der Waals surface area contributed by atoms with Crippen LogP contribution in [0.4, 0.5) is 14.7 Å². The van der Waals surface area contributed by atoms with Gasteiger partial charge in [-0.05, 0) is 56.3 Å². The van der Waals surface area contributed by atoms with E-state index < -0.39 is 11.6 Å². The van der Waals surface area contributed by atoms with Crippen LogP contribution in [0.5, 0.6) is 0 Å². The molecule has 0 aliphatic heterocycles. The summed E-state index contributed by atoms with van der Waals surface area (Å²) in [6.07, 6.45) is 4.73. The van der Waals surface area contributed by atoms with E-state index in [1.54, 1.807) is 6.20 Å². The van der Waals surface area contributed by atoms with Gasteiger partial charge in [0, 0.05) is 24.2 Å². The van der Waals surface area contributed by atoms with Crippen LogP contribution in [0.1, 0.15) is 31.7 Å². The lowest BCUT2D eigenvalue weighted by Crippen LogP contribution is -2.14. The van der Waals surface area contributed by atoms with E-state index >= 15 is 0 Å². The molecule has 4 aromatic rings. The van der Waals surface area contributed by atoms with Crippen LogP contribution in [-0.4, -0.2) is 32.6 Å². The first-order valence-corrected chi connectivity index (χ1v) is 11.8. The number of fused-ring (bicyclic) bond motifs is 1. The number of halogens is 3. The van der Waals surface area contributed by atoms with Crippen LogP contribution >= 0.6 is 11.6 Å². The second kappa shape index (κ2) is 11.4. The van der Waals surface area contributed by atoms with Crippen molar-refractivity contribution in [1.29, 1.82) is 0 Å². The molecule has 2 heterocycles. The van der Waals surface area contributed by atoms with E-state index in [0.29, 0.717) is 22.1 Å². The summed E-state index contributed by atoms with van der Waals surface area (Å²) in [5.74, 6) is 0.0647. The fraction of sp³-hybridized carbons (Fsp3) is 0.320. The minimum Gasteiger partial charge on any atom is -0.350 e. The van der Waals surface area contributed by atoms with Crippen molar-refractivity contribution in [2.45, 2.75) is 39.3 Å². The molecule has 178 valence electrons. The van der Waals surface area contributed by atoms with E-state index in [9.17, 15) is 8.78 Å². The highest BCUT2D eigenvalue weighted by Crippen LogP contribution is 2.30. The molecule has 0 spiro atoms. The second-order valence-corrected chi connectivity index (χ2v) is 8.38. The lowest BCUT2D eigenvalue weighted by Gasteiger charge is -2.11. The topological polar surface area (TPSA) is 67.7 Å². The summed E-state index contributed by atoms with van der Waals surface area (Å²) in [4.78, 5) is 13.7. The average Bonchev–Trinajstić information content (AvgIpc) is 3.19. The molecule has 34 heavy (non-hydrogen) atoms. The molecule has 0 fully saturated rings. The molecule has 0 amide bonds. The van der Waals surface area contributed by atoms with Crippen molar-refractivity contribution in [3.63, 3.8) is 0 Å². The summed E-state index contributed by atoms with van der Waals surface area (Å²) >= 11 is 6.48. The van der Waals surface area contributed by atoms with Crippen molar-refractivity contribution >= 4 is 28.7 Å². The van der Waals surface area contributed by atoms with Gasteiger partial charge in [-0.15, -0.1) is 0 Å².